The van der Waals surface area contributed by atoms with Gasteiger partial charge in [0.2, 0.25) is 0 Å². The van der Waals surface area contributed by atoms with Crippen molar-refractivity contribution in [2.45, 2.75) is 25.3 Å². The van der Waals surface area contributed by atoms with E-state index in [0.29, 0.717) is 12.8 Å². The second-order valence-corrected chi connectivity index (χ2v) is 3.66. The van der Waals surface area contributed by atoms with E-state index in [-0.39, 0.29) is 5.97 Å². The number of hydrogen-bond acceptors (Lipinski definition) is 3. The Kier molecular flexibility index (Phi) is 3.86. The highest BCUT2D eigenvalue weighted by atomic mass is 16.5. The highest BCUT2D eigenvalue weighted by Crippen LogP contribution is 2.16. The summed E-state index contributed by atoms with van der Waals surface area (Å²) in [6, 6.07) is 9.72. The van der Waals surface area contributed by atoms with Crippen LogP contribution in [0.15, 0.2) is 30.3 Å². The summed E-state index contributed by atoms with van der Waals surface area (Å²) in [5, 5.41) is 0. The third kappa shape index (κ3) is 2.80. The van der Waals surface area contributed by atoms with Crippen LogP contribution < -0.4 is 5.73 Å². The third-order valence-corrected chi connectivity index (χ3v) is 2.59. The topological polar surface area (TPSA) is 52.3 Å². The molecule has 3 nitrogen and oxygen atoms in total. The summed E-state index contributed by atoms with van der Waals surface area (Å²) < 4.78 is 4.71. The lowest BCUT2D eigenvalue weighted by Crippen LogP contribution is -2.50. The van der Waals surface area contributed by atoms with Crippen molar-refractivity contribution < 1.29 is 9.53 Å². The van der Waals surface area contributed by atoms with Crippen LogP contribution in [0.5, 0.6) is 0 Å². The Bertz CT molecular complexity index is 324. The van der Waals surface area contributed by atoms with Gasteiger partial charge in [-0.05, 0) is 12.0 Å². The number of benzene rings is 1. The monoisotopic (exact) mass is 207 g/mol. The van der Waals surface area contributed by atoms with Gasteiger partial charge in [-0.15, -0.1) is 0 Å². The van der Waals surface area contributed by atoms with Gasteiger partial charge < -0.3 is 10.5 Å². The van der Waals surface area contributed by atoms with Crippen LogP contribution in [0, 0.1) is 0 Å². The van der Waals surface area contributed by atoms with Crippen molar-refractivity contribution >= 4 is 5.97 Å². The Morgan fingerprint density at radius 1 is 1.40 bits per heavy atom. The molecule has 2 N–H and O–H groups in total. The Morgan fingerprint density at radius 2 is 2.00 bits per heavy atom. The van der Waals surface area contributed by atoms with Crippen LogP contribution in [0.4, 0.5) is 0 Å². The number of nitrogens with two attached hydrogens (primary N) is 1. The zero-order valence-corrected chi connectivity index (χ0v) is 9.19. The molecular weight excluding hydrogens is 190 g/mol. The largest absolute Gasteiger partial charge is 0.468 e. The van der Waals surface area contributed by atoms with E-state index in [1.807, 2.05) is 37.3 Å². The van der Waals surface area contributed by atoms with Gasteiger partial charge in [-0.2, -0.15) is 0 Å². The van der Waals surface area contributed by atoms with E-state index in [9.17, 15) is 4.79 Å². The minimum Gasteiger partial charge on any atom is -0.468 e. The van der Waals surface area contributed by atoms with E-state index in [4.69, 9.17) is 10.5 Å². The van der Waals surface area contributed by atoms with Crippen LogP contribution in [-0.2, 0) is 16.0 Å². The zero-order chi connectivity index (χ0) is 11.3. The molecule has 1 atom stereocenters. The predicted octanol–water partition coefficient (Wildman–Crippen LogP) is 1.51. The fraction of sp³-hybridized carbons (Fsp3) is 0.417. The van der Waals surface area contributed by atoms with E-state index >= 15 is 0 Å². The van der Waals surface area contributed by atoms with Crippen LogP contribution in [-0.4, -0.2) is 18.6 Å². The average molecular weight is 207 g/mol. The van der Waals surface area contributed by atoms with Gasteiger partial charge in [-0.25, -0.2) is 0 Å². The molecule has 0 heterocycles. The first kappa shape index (κ1) is 11.7. The second kappa shape index (κ2) is 4.94. The van der Waals surface area contributed by atoms with E-state index in [1.54, 1.807) is 0 Å². The lowest BCUT2D eigenvalue weighted by molar-refractivity contribution is -0.147. The Morgan fingerprint density at radius 3 is 2.47 bits per heavy atom. The first-order valence-electron chi connectivity index (χ1n) is 5.03. The van der Waals surface area contributed by atoms with E-state index in [0.717, 1.165) is 5.56 Å². The van der Waals surface area contributed by atoms with Crippen LogP contribution in [0.3, 0.4) is 0 Å². The van der Waals surface area contributed by atoms with E-state index in [2.05, 4.69) is 0 Å². The van der Waals surface area contributed by atoms with Crippen LogP contribution in [0.1, 0.15) is 18.9 Å². The number of rotatable bonds is 4. The van der Waals surface area contributed by atoms with Crippen molar-refractivity contribution in [1.29, 1.82) is 0 Å². The van der Waals surface area contributed by atoms with Crippen molar-refractivity contribution in [3.63, 3.8) is 0 Å². The number of carbonyl (C=O) groups excluding carboxylic acids is 1. The molecule has 1 aromatic rings. The summed E-state index contributed by atoms with van der Waals surface area (Å²) in [5.41, 5.74) is 6.15. The zero-order valence-electron chi connectivity index (χ0n) is 9.19. The molecule has 0 aliphatic heterocycles. The van der Waals surface area contributed by atoms with Gasteiger partial charge in [0.15, 0.2) is 0 Å². The first-order valence-corrected chi connectivity index (χ1v) is 5.03. The third-order valence-electron chi connectivity index (χ3n) is 2.59. The molecule has 0 aliphatic rings. The quantitative estimate of drug-likeness (QED) is 0.761. The van der Waals surface area contributed by atoms with E-state index in [1.165, 1.54) is 7.11 Å². The number of ether oxygens (including phenoxy) is 1. The van der Waals surface area contributed by atoms with Crippen LogP contribution >= 0.6 is 0 Å². The molecule has 0 fully saturated rings. The maximum Gasteiger partial charge on any atom is 0.326 e. The summed E-state index contributed by atoms with van der Waals surface area (Å²) in [7, 11) is 1.37. The molecule has 0 bridgehead atoms. The molecule has 0 saturated carbocycles. The van der Waals surface area contributed by atoms with Crippen molar-refractivity contribution in [3.05, 3.63) is 35.9 Å². The second-order valence-electron chi connectivity index (χ2n) is 3.66. The molecule has 0 spiro atoms. The van der Waals surface area contributed by atoms with Gasteiger partial charge in [-0.1, -0.05) is 37.3 Å². The van der Waals surface area contributed by atoms with Crippen molar-refractivity contribution in [2.75, 3.05) is 7.11 Å². The molecular formula is C12H17NO2. The Balaban J connectivity index is 2.81. The SMILES string of the molecule is CC[C@@](N)(Cc1ccccc1)C(=O)OC. The molecule has 0 aliphatic carbocycles. The lowest BCUT2D eigenvalue weighted by Gasteiger charge is -2.24. The molecule has 1 aromatic carbocycles. The standard InChI is InChI=1S/C12H17NO2/c1-3-12(13,11(14)15-2)9-10-7-5-4-6-8-10/h4-8H,3,9,13H2,1-2H3/t12-/m1/s1. The summed E-state index contributed by atoms with van der Waals surface area (Å²) >= 11 is 0. The molecule has 0 amide bonds. The summed E-state index contributed by atoms with van der Waals surface area (Å²) in [5.74, 6) is -0.353. The van der Waals surface area contributed by atoms with Gasteiger partial charge in [0.1, 0.15) is 5.54 Å². The summed E-state index contributed by atoms with van der Waals surface area (Å²) in [6.07, 6.45) is 1.07. The molecule has 0 aromatic heterocycles. The molecule has 15 heavy (non-hydrogen) atoms. The molecule has 0 saturated heterocycles. The fourth-order valence-electron chi connectivity index (χ4n) is 1.50. The predicted molar refractivity (Wildman–Crippen MR) is 59.4 cm³/mol. The minimum absolute atomic E-state index is 0.353. The molecule has 3 heteroatoms. The van der Waals surface area contributed by atoms with Crippen molar-refractivity contribution in [2.24, 2.45) is 5.73 Å². The van der Waals surface area contributed by atoms with Crippen LogP contribution in [0.25, 0.3) is 0 Å². The maximum atomic E-state index is 11.5. The van der Waals surface area contributed by atoms with Crippen molar-refractivity contribution in [3.8, 4) is 0 Å². The highest BCUT2D eigenvalue weighted by Gasteiger charge is 2.33. The number of methoxy groups -OCH3 is 1. The average Bonchev–Trinajstić information content (AvgIpc) is 2.29. The molecule has 0 unspecified atom stereocenters. The van der Waals surface area contributed by atoms with Gasteiger partial charge in [-0.3, -0.25) is 4.79 Å². The maximum absolute atomic E-state index is 11.5. The number of esters is 1. The minimum atomic E-state index is -0.907. The van der Waals surface area contributed by atoms with Gasteiger partial charge in [0, 0.05) is 6.42 Å². The Hall–Kier alpha value is -1.35. The smallest absolute Gasteiger partial charge is 0.326 e. The number of hydrogen-bond donors (Lipinski definition) is 1. The van der Waals surface area contributed by atoms with Gasteiger partial charge in [0.05, 0.1) is 7.11 Å². The molecule has 0 radical (unpaired) electrons. The first-order chi connectivity index (χ1) is 7.12. The molecule has 82 valence electrons. The lowest BCUT2D eigenvalue weighted by atomic mass is 9.89. The van der Waals surface area contributed by atoms with Gasteiger partial charge in [0.25, 0.3) is 0 Å². The Labute approximate surface area is 90.2 Å². The molecule has 1 rings (SSSR count). The summed E-state index contributed by atoms with van der Waals surface area (Å²) in [4.78, 5) is 11.5. The fourth-order valence-corrected chi connectivity index (χ4v) is 1.50. The van der Waals surface area contributed by atoms with E-state index < -0.39 is 5.54 Å². The normalized spacial score (nSPS) is 14.3. The highest BCUT2D eigenvalue weighted by molar-refractivity contribution is 5.80. The van der Waals surface area contributed by atoms with Gasteiger partial charge >= 0.3 is 5.97 Å². The summed E-state index contributed by atoms with van der Waals surface area (Å²) in [6.45, 7) is 1.89. The number of carbonyl (C=O) groups is 1. The van der Waals surface area contributed by atoms with Crippen molar-refractivity contribution in [1.82, 2.24) is 0 Å². The van der Waals surface area contributed by atoms with Crippen LogP contribution in [0.2, 0.25) is 0 Å².